The summed E-state index contributed by atoms with van der Waals surface area (Å²) < 4.78 is 1.70. The standard InChI is InChI=1S/C17H19N5OS/c1-3-22(13(2)14-6-8-18-9-7-14)17(23)16-12-21(20-19-16)11-15-5-4-10-24-15/h4-10,12-13H,3,11H2,1-2H3/t13-/m0/s1. The first kappa shape index (κ1) is 16.3. The van der Waals surface area contributed by atoms with Crippen LogP contribution < -0.4 is 0 Å². The number of pyridine rings is 1. The minimum Gasteiger partial charge on any atom is -0.331 e. The molecule has 3 heterocycles. The van der Waals surface area contributed by atoms with Crippen molar-refractivity contribution in [2.45, 2.75) is 26.4 Å². The van der Waals surface area contributed by atoms with E-state index in [0.717, 1.165) is 5.56 Å². The second kappa shape index (κ2) is 7.35. The zero-order valence-corrected chi connectivity index (χ0v) is 14.5. The van der Waals surface area contributed by atoms with Crippen LogP contribution in [0.3, 0.4) is 0 Å². The van der Waals surface area contributed by atoms with E-state index in [1.54, 1.807) is 39.5 Å². The highest BCUT2D eigenvalue weighted by atomic mass is 32.1. The average Bonchev–Trinajstić information content (AvgIpc) is 3.28. The molecule has 7 heteroatoms. The van der Waals surface area contributed by atoms with Gasteiger partial charge in [-0.25, -0.2) is 4.68 Å². The second-order valence-electron chi connectivity index (χ2n) is 5.43. The van der Waals surface area contributed by atoms with Crippen LogP contribution in [0.1, 0.15) is 40.8 Å². The minimum atomic E-state index is -0.112. The summed E-state index contributed by atoms with van der Waals surface area (Å²) in [6.45, 7) is 5.20. The van der Waals surface area contributed by atoms with Gasteiger partial charge in [-0.1, -0.05) is 11.3 Å². The van der Waals surface area contributed by atoms with Gasteiger partial charge in [0.25, 0.3) is 5.91 Å². The number of aromatic nitrogens is 4. The van der Waals surface area contributed by atoms with Gasteiger partial charge < -0.3 is 4.90 Å². The van der Waals surface area contributed by atoms with Crippen molar-refractivity contribution in [2.75, 3.05) is 6.54 Å². The molecular formula is C17H19N5OS. The first-order valence-electron chi connectivity index (χ1n) is 7.82. The van der Waals surface area contributed by atoms with Gasteiger partial charge in [-0.05, 0) is 43.0 Å². The summed E-state index contributed by atoms with van der Waals surface area (Å²) in [5.74, 6) is -0.112. The molecule has 3 rings (SSSR count). The molecule has 24 heavy (non-hydrogen) atoms. The Morgan fingerprint density at radius 1 is 1.33 bits per heavy atom. The molecular weight excluding hydrogens is 322 g/mol. The van der Waals surface area contributed by atoms with Crippen molar-refractivity contribution in [2.24, 2.45) is 0 Å². The number of amides is 1. The topological polar surface area (TPSA) is 63.9 Å². The molecule has 0 saturated heterocycles. The predicted molar refractivity (Wildman–Crippen MR) is 92.8 cm³/mol. The molecule has 6 nitrogen and oxygen atoms in total. The van der Waals surface area contributed by atoms with E-state index < -0.39 is 0 Å². The molecule has 3 aromatic heterocycles. The Bertz CT molecular complexity index is 784. The average molecular weight is 341 g/mol. The van der Waals surface area contributed by atoms with Gasteiger partial charge in [-0.3, -0.25) is 9.78 Å². The molecule has 0 unspecified atom stereocenters. The Morgan fingerprint density at radius 2 is 2.12 bits per heavy atom. The lowest BCUT2D eigenvalue weighted by Gasteiger charge is -2.27. The SMILES string of the molecule is CCN(C(=O)c1cn(Cc2cccs2)nn1)[C@@H](C)c1ccncc1. The van der Waals surface area contributed by atoms with Crippen LogP contribution in [-0.2, 0) is 6.54 Å². The second-order valence-corrected chi connectivity index (χ2v) is 6.46. The molecule has 1 atom stereocenters. The number of thiophene rings is 1. The minimum absolute atomic E-state index is 0.0482. The van der Waals surface area contributed by atoms with Crippen molar-refractivity contribution in [1.82, 2.24) is 24.9 Å². The van der Waals surface area contributed by atoms with E-state index in [0.29, 0.717) is 18.8 Å². The van der Waals surface area contributed by atoms with Crippen molar-refractivity contribution in [3.63, 3.8) is 0 Å². The molecule has 0 aromatic carbocycles. The van der Waals surface area contributed by atoms with Gasteiger partial charge in [0, 0.05) is 23.8 Å². The van der Waals surface area contributed by atoms with Crippen LogP contribution >= 0.6 is 11.3 Å². The summed E-state index contributed by atoms with van der Waals surface area (Å²) in [4.78, 5) is 19.8. The molecule has 124 valence electrons. The Labute approximate surface area is 144 Å². The molecule has 0 radical (unpaired) electrons. The largest absolute Gasteiger partial charge is 0.331 e. The monoisotopic (exact) mass is 341 g/mol. The molecule has 0 aliphatic rings. The third kappa shape index (κ3) is 3.51. The zero-order chi connectivity index (χ0) is 16.9. The van der Waals surface area contributed by atoms with Crippen LogP contribution in [0.15, 0.2) is 48.2 Å². The van der Waals surface area contributed by atoms with Crippen LogP contribution in [0, 0.1) is 0 Å². The van der Waals surface area contributed by atoms with E-state index in [4.69, 9.17) is 0 Å². The maximum absolute atomic E-state index is 12.8. The number of hydrogen-bond donors (Lipinski definition) is 0. The lowest BCUT2D eigenvalue weighted by molar-refractivity contribution is 0.0696. The quantitative estimate of drug-likeness (QED) is 0.691. The molecule has 0 bridgehead atoms. The van der Waals surface area contributed by atoms with Crippen molar-refractivity contribution < 1.29 is 4.79 Å². The van der Waals surface area contributed by atoms with Gasteiger partial charge in [0.05, 0.1) is 18.8 Å². The maximum atomic E-state index is 12.8. The van der Waals surface area contributed by atoms with E-state index in [2.05, 4.69) is 15.3 Å². The normalized spacial score (nSPS) is 12.1. The van der Waals surface area contributed by atoms with Crippen molar-refractivity contribution >= 4 is 17.2 Å². The fourth-order valence-electron chi connectivity index (χ4n) is 2.60. The van der Waals surface area contributed by atoms with Gasteiger partial charge in [0.2, 0.25) is 0 Å². The summed E-state index contributed by atoms with van der Waals surface area (Å²) in [5.41, 5.74) is 1.42. The molecule has 0 saturated carbocycles. The lowest BCUT2D eigenvalue weighted by Crippen LogP contribution is -2.33. The Kier molecular flexibility index (Phi) is 5.00. The van der Waals surface area contributed by atoms with Crippen LogP contribution in [-0.4, -0.2) is 37.3 Å². The summed E-state index contributed by atoms with van der Waals surface area (Å²) in [7, 11) is 0. The molecule has 1 amide bonds. The van der Waals surface area contributed by atoms with Gasteiger partial charge in [-0.2, -0.15) is 0 Å². The first-order valence-corrected chi connectivity index (χ1v) is 8.70. The molecule has 0 spiro atoms. The van der Waals surface area contributed by atoms with Crippen LogP contribution in [0.2, 0.25) is 0 Å². The summed E-state index contributed by atoms with van der Waals surface area (Å²) in [5, 5.41) is 10.2. The summed E-state index contributed by atoms with van der Waals surface area (Å²) >= 11 is 1.66. The summed E-state index contributed by atoms with van der Waals surface area (Å²) in [6.07, 6.45) is 5.19. The van der Waals surface area contributed by atoms with Crippen molar-refractivity contribution in [3.8, 4) is 0 Å². The van der Waals surface area contributed by atoms with Gasteiger partial charge in [-0.15, -0.1) is 16.4 Å². The van der Waals surface area contributed by atoms with Gasteiger partial charge in [0.1, 0.15) is 0 Å². The van der Waals surface area contributed by atoms with Crippen LogP contribution in [0.25, 0.3) is 0 Å². The number of nitrogens with zero attached hydrogens (tertiary/aromatic N) is 5. The summed E-state index contributed by atoms with van der Waals surface area (Å²) in [6, 6.07) is 7.84. The Balaban J connectivity index is 1.75. The predicted octanol–water partition coefficient (Wildman–Crippen LogP) is 3.01. The molecule has 0 N–H and O–H groups in total. The highest BCUT2D eigenvalue weighted by molar-refractivity contribution is 7.09. The smallest absolute Gasteiger partial charge is 0.276 e. The fraction of sp³-hybridized carbons (Fsp3) is 0.294. The Morgan fingerprint density at radius 3 is 2.79 bits per heavy atom. The van der Waals surface area contributed by atoms with Gasteiger partial charge in [0.15, 0.2) is 5.69 Å². The number of carbonyl (C=O) groups is 1. The van der Waals surface area contributed by atoms with E-state index >= 15 is 0 Å². The number of carbonyl (C=O) groups excluding carboxylic acids is 1. The van der Waals surface area contributed by atoms with E-state index in [-0.39, 0.29) is 11.9 Å². The molecule has 0 aliphatic carbocycles. The highest BCUT2D eigenvalue weighted by Gasteiger charge is 2.23. The van der Waals surface area contributed by atoms with E-state index in [1.165, 1.54) is 4.88 Å². The van der Waals surface area contributed by atoms with Crippen LogP contribution in [0.5, 0.6) is 0 Å². The Hall–Kier alpha value is -2.54. The van der Waals surface area contributed by atoms with E-state index in [1.807, 2.05) is 43.5 Å². The van der Waals surface area contributed by atoms with Crippen LogP contribution in [0.4, 0.5) is 0 Å². The van der Waals surface area contributed by atoms with Crippen molar-refractivity contribution in [1.29, 1.82) is 0 Å². The third-order valence-electron chi connectivity index (χ3n) is 3.91. The zero-order valence-electron chi connectivity index (χ0n) is 13.7. The first-order chi connectivity index (χ1) is 11.7. The highest BCUT2D eigenvalue weighted by Crippen LogP contribution is 2.21. The lowest BCUT2D eigenvalue weighted by atomic mass is 10.1. The number of hydrogen-bond acceptors (Lipinski definition) is 5. The molecule has 0 aliphatic heterocycles. The third-order valence-corrected chi connectivity index (χ3v) is 4.77. The maximum Gasteiger partial charge on any atom is 0.276 e. The van der Waals surface area contributed by atoms with E-state index in [9.17, 15) is 4.79 Å². The van der Waals surface area contributed by atoms with Gasteiger partial charge >= 0.3 is 0 Å². The molecule has 0 fully saturated rings. The van der Waals surface area contributed by atoms with Crippen molar-refractivity contribution in [3.05, 3.63) is 64.4 Å². The fourth-order valence-corrected chi connectivity index (χ4v) is 3.29. The number of rotatable bonds is 6. The molecule has 3 aromatic rings.